The molecule has 0 aliphatic carbocycles. The maximum Gasteiger partial charge on any atom is 0.335 e. The number of hydrogen-bond donors (Lipinski definition) is 1. The van der Waals surface area contributed by atoms with E-state index in [-0.39, 0.29) is 11.0 Å². The molecule has 0 radical (unpaired) electrons. The van der Waals surface area contributed by atoms with Gasteiger partial charge in [-0.15, -0.1) is 0 Å². The maximum absolute atomic E-state index is 10.9. The highest BCUT2D eigenvalue weighted by Gasteiger charge is 2.12. The first-order valence-corrected chi connectivity index (χ1v) is 6.37. The summed E-state index contributed by atoms with van der Waals surface area (Å²) in [6, 6.07) is 4.62. The number of ether oxygens (including phenoxy) is 2. The molecule has 4 heteroatoms. The standard InChI is InChI=1S/C15H22O4/c1-15(2,3)8-5-9-19-13-10-11(14(16)17)6-7-12(13)18-4/h6-7,10H,5,8-9H2,1-4H3,(H,16,17). The van der Waals surface area contributed by atoms with Gasteiger partial charge in [0.25, 0.3) is 0 Å². The van der Waals surface area contributed by atoms with Crippen LogP contribution in [0, 0.1) is 5.41 Å². The van der Waals surface area contributed by atoms with E-state index < -0.39 is 5.97 Å². The molecule has 1 aromatic rings. The number of hydrogen-bond acceptors (Lipinski definition) is 3. The highest BCUT2D eigenvalue weighted by Crippen LogP contribution is 2.29. The number of carboxylic acids is 1. The normalized spacial score (nSPS) is 11.2. The summed E-state index contributed by atoms with van der Waals surface area (Å²) in [6.45, 7) is 7.09. The van der Waals surface area contributed by atoms with Crippen LogP contribution in [0.15, 0.2) is 18.2 Å². The Morgan fingerprint density at radius 2 is 1.95 bits per heavy atom. The second-order valence-electron chi connectivity index (χ2n) is 5.68. The molecule has 0 amide bonds. The van der Waals surface area contributed by atoms with E-state index in [0.717, 1.165) is 12.8 Å². The fraction of sp³-hybridized carbons (Fsp3) is 0.533. The van der Waals surface area contributed by atoms with E-state index in [1.807, 2.05) is 0 Å². The average Bonchev–Trinajstić information content (AvgIpc) is 2.33. The number of carbonyl (C=O) groups is 1. The van der Waals surface area contributed by atoms with E-state index in [2.05, 4.69) is 20.8 Å². The Balaban J connectivity index is 2.65. The van der Waals surface area contributed by atoms with E-state index in [9.17, 15) is 4.79 Å². The third-order valence-corrected chi connectivity index (χ3v) is 2.74. The van der Waals surface area contributed by atoms with Gasteiger partial charge in [-0.1, -0.05) is 20.8 Å². The summed E-state index contributed by atoms with van der Waals surface area (Å²) in [5.74, 6) is 0.0688. The molecule has 1 N–H and O–H groups in total. The first kappa shape index (κ1) is 15.3. The molecule has 0 bridgehead atoms. The maximum atomic E-state index is 10.9. The molecule has 1 rings (SSSR count). The Morgan fingerprint density at radius 1 is 1.26 bits per heavy atom. The van der Waals surface area contributed by atoms with E-state index in [0.29, 0.717) is 18.1 Å². The van der Waals surface area contributed by atoms with E-state index in [1.54, 1.807) is 6.07 Å². The minimum Gasteiger partial charge on any atom is -0.493 e. The van der Waals surface area contributed by atoms with Gasteiger partial charge in [0.15, 0.2) is 11.5 Å². The largest absolute Gasteiger partial charge is 0.493 e. The van der Waals surface area contributed by atoms with Crippen LogP contribution in [0.25, 0.3) is 0 Å². The van der Waals surface area contributed by atoms with Crippen molar-refractivity contribution in [3.05, 3.63) is 23.8 Å². The van der Waals surface area contributed by atoms with Crippen LogP contribution in [0.5, 0.6) is 11.5 Å². The van der Waals surface area contributed by atoms with Crippen molar-refractivity contribution in [2.24, 2.45) is 5.41 Å². The summed E-state index contributed by atoms with van der Waals surface area (Å²) < 4.78 is 10.8. The van der Waals surface area contributed by atoms with Crippen LogP contribution >= 0.6 is 0 Å². The van der Waals surface area contributed by atoms with E-state index >= 15 is 0 Å². The van der Waals surface area contributed by atoms with Crippen molar-refractivity contribution < 1.29 is 19.4 Å². The SMILES string of the molecule is COc1ccc(C(=O)O)cc1OCCCC(C)(C)C. The fourth-order valence-corrected chi connectivity index (χ4v) is 1.71. The van der Waals surface area contributed by atoms with Crippen LogP contribution in [-0.2, 0) is 0 Å². The van der Waals surface area contributed by atoms with Gasteiger partial charge in [0, 0.05) is 0 Å². The summed E-state index contributed by atoms with van der Waals surface area (Å²) in [6.07, 6.45) is 1.97. The Hall–Kier alpha value is -1.71. The van der Waals surface area contributed by atoms with Crippen LogP contribution in [0.1, 0.15) is 44.0 Å². The first-order chi connectivity index (χ1) is 8.83. The lowest BCUT2D eigenvalue weighted by Gasteiger charge is -2.18. The number of aromatic carboxylic acids is 1. The van der Waals surface area contributed by atoms with Crippen molar-refractivity contribution in [3.8, 4) is 11.5 Å². The zero-order chi connectivity index (χ0) is 14.5. The van der Waals surface area contributed by atoms with Gasteiger partial charge in [0.2, 0.25) is 0 Å². The van der Waals surface area contributed by atoms with Crippen molar-refractivity contribution >= 4 is 5.97 Å². The number of benzene rings is 1. The summed E-state index contributed by atoms with van der Waals surface area (Å²) >= 11 is 0. The monoisotopic (exact) mass is 266 g/mol. The number of carboxylic acid groups (broad SMARTS) is 1. The predicted octanol–water partition coefficient (Wildman–Crippen LogP) is 3.60. The molecule has 0 spiro atoms. The number of methoxy groups -OCH3 is 1. The quantitative estimate of drug-likeness (QED) is 0.799. The second-order valence-corrected chi connectivity index (χ2v) is 5.68. The molecule has 0 aromatic heterocycles. The molecule has 0 unspecified atom stereocenters. The van der Waals surface area contributed by atoms with Crippen molar-refractivity contribution in [3.63, 3.8) is 0 Å². The summed E-state index contributed by atoms with van der Waals surface area (Å²) in [4.78, 5) is 10.9. The van der Waals surface area contributed by atoms with E-state index in [1.165, 1.54) is 19.2 Å². The lowest BCUT2D eigenvalue weighted by molar-refractivity contribution is 0.0696. The van der Waals surface area contributed by atoms with Crippen LogP contribution in [0.2, 0.25) is 0 Å². The topological polar surface area (TPSA) is 55.8 Å². The van der Waals surface area contributed by atoms with Gasteiger partial charge in [-0.05, 0) is 36.5 Å². The van der Waals surface area contributed by atoms with Gasteiger partial charge in [-0.25, -0.2) is 4.79 Å². The van der Waals surface area contributed by atoms with E-state index in [4.69, 9.17) is 14.6 Å². The average molecular weight is 266 g/mol. The Bertz CT molecular complexity index is 432. The van der Waals surface area contributed by atoms with Crippen molar-refractivity contribution in [2.75, 3.05) is 13.7 Å². The van der Waals surface area contributed by atoms with Crippen LogP contribution in [0.3, 0.4) is 0 Å². The molecule has 19 heavy (non-hydrogen) atoms. The molecular weight excluding hydrogens is 244 g/mol. The van der Waals surface area contributed by atoms with Crippen molar-refractivity contribution in [2.45, 2.75) is 33.6 Å². The molecule has 0 saturated carbocycles. The molecule has 0 atom stereocenters. The van der Waals surface area contributed by atoms with Gasteiger partial charge in [0.05, 0.1) is 19.3 Å². The molecule has 4 nitrogen and oxygen atoms in total. The van der Waals surface area contributed by atoms with Crippen molar-refractivity contribution in [1.82, 2.24) is 0 Å². The van der Waals surface area contributed by atoms with Gasteiger partial charge >= 0.3 is 5.97 Å². The molecule has 0 heterocycles. The van der Waals surface area contributed by atoms with Crippen LogP contribution in [0.4, 0.5) is 0 Å². The van der Waals surface area contributed by atoms with Gasteiger partial charge in [-0.2, -0.15) is 0 Å². The van der Waals surface area contributed by atoms with Gasteiger partial charge in [-0.3, -0.25) is 0 Å². The summed E-state index contributed by atoms with van der Waals surface area (Å²) in [5, 5.41) is 8.95. The molecule has 0 aliphatic heterocycles. The minimum absolute atomic E-state index is 0.201. The smallest absolute Gasteiger partial charge is 0.335 e. The zero-order valence-electron chi connectivity index (χ0n) is 12.0. The summed E-state index contributed by atoms with van der Waals surface area (Å²) in [5.41, 5.74) is 0.475. The highest BCUT2D eigenvalue weighted by molar-refractivity contribution is 5.88. The highest BCUT2D eigenvalue weighted by atomic mass is 16.5. The van der Waals surface area contributed by atoms with Crippen LogP contribution < -0.4 is 9.47 Å². The lowest BCUT2D eigenvalue weighted by atomic mass is 9.91. The second kappa shape index (κ2) is 6.45. The molecule has 0 fully saturated rings. The predicted molar refractivity (Wildman–Crippen MR) is 74.1 cm³/mol. The molecule has 1 aromatic carbocycles. The Labute approximate surface area is 114 Å². The first-order valence-electron chi connectivity index (χ1n) is 6.37. The summed E-state index contributed by atoms with van der Waals surface area (Å²) in [7, 11) is 1.54. The third-order valence-electron chi connectivity index (χ3n) is 2.74. The molecule has 0 saturated heterocycles. The third kappa shape index (κ3) is 5.20. The number of rotatable bonds is 6. The van der Waals surface area contributed by atoms with Crippen molar-refractivity contribution in [1.29, 1.82) is 0 Å². The van der Waals surface area contributed by atoms with Crippen LogP contribution in [-0.4, -0.2) is 24.8 Å². The fourth-order valence-electron chi connectivity index (χ4n) is 1.71. The zero-order valence-corrected chi connectivity index (χ0v) is 12.0. The Kier molecular flexibility index (Phi) is 5.21. The Morgan fingerprint density at radius 3 is 2.47 bits per heavy atom. The van der Waals surface area contributed by atoms with Gasteiger partial charge in [0.1, 0.15) is 0 Å². The minimum atomic E-state index is -0.970. The molecule has 106 valence electrons. The molecule has 0 aliphatic rings. The lowest BCUT2D eigenvalue weighted by Crippen LogP contribution is -2.08. The molecular formula is C15H22O4. The van der Waals surface area contributed by atoms with Gasteiger partial charge < -0.3 is 14.6 Å².